The van der Waals surface area contributed by atoms with Gasteiger partial charge in [-0.1, -0.05) is 44.5 Å². The third-order valence-corrected chi connectivity index (χ3v) is 7.26. The Morgan fingerprint density at radius 1 is 1.07 bits per heavy atom. The molecule has 218 valence electrons. The van der Waals surface area contributed by atoms with Gasteiger partial charge in [0.25, 0.3) is 0 Å². The number of nitrogens with one attached hydrogen (secondary N) is 1. The van der Waals surface area contributed by atoms with Crippen molar-refractivity contribution in [3.63, 3.8) is 0 Å². The van der Waals surface area contributed by atoms with Crippen LogP contribution in [0.4, 0.5) is 17.1 Å². The first-order valence-corrected chi connectivity index (χ1v) is 14.4. The van der Waals surface area contributed by atoms with Crippen LogP contribution in [0.3, 0.4) is 0 Å². The minimum absolute atomic E-state index is 0.109. The van der Waals surface area contributed by atoms with Crippen molar-refractivity contribution < 1.29 is 9.84 Å². The molecule has 9 nitrogen and oxygen atoms in total. The number of nitrogens with zero attached hydrogens (tertiary/aromatic N) is 6. The van der Waals surface area contributed by atoms with Crippen LogP contribution in [0.15, 0.2) is 76.8 Å². The smallest absolute Gasteiger partial charge is 0.204 e. The quantitative estimate of drug-likeness (QED) is 0.204. The van der Waals surface area contributed by atoms with E-state index in [9.17, 15) is 5.11 Å². The second kappa shape index (κ2) is 12.3. The molecule has 3 aromatic carbocycles. The number of anilines is 2. The van der Waals surface area contributed by atoms with E-state index in [-0.39, 0.29) is 18.8 Å². The summed E-state index contributed by atoms with van der Waals surface area (Å²) in [5.41, 5.74) is 5.99. The Labute approximate surface area is 251 Å². The summed E-state index contributed by atoms with van der Waals surface area (Å²) >= 11 is 6.16. The third kappa shape index (κ3) is 6.32. The molecule has 0 aliphatic carbocycles. The zero-order valence-corrected chi connectivity index (χ0v) is 25.4. The van der Waals surface area contributed by atoms with Crippen molar-refractivity contribution in [3.8, 4) is 17.1 Å². The molecule has 42 heavy (non-hydrogen) atoms. The largest absolute Gasteiger partial charge is 0.472 e. The molecule has 10 heteroatoms. The van der Waals surface area contributed by atoms with Crippen molar-refractivity contribution in [1.82, 2.24) is 14.9 Å². The molecule has 5 rings (SSSR count). The van der Waals surface area contributed by atoms with E-state index in [1.807, 2.05) is 61.5 Å². The van der Waals surface area contributed by atoms with Gasteiger partial charge in [0.15, 0.2) is 12.6 Å². The van der Waals surface area contributed by atoms with Crippen molar-refractivity contribution in [3.05, 3.63) is 83.1 Å². The number of aromatic nitrogens is 3. The van der Waals surface area contributed by atoms with Gasteiger partial charge in [-0.05, 0) is 74.0 Å². The van der Waals surface area contributed by atoms with Gasteiger partial charge in [-0.25, -0.2) is 9.98 Å². The first-order valence-electron chi connectivity index (χ1n) is 14.0. The van der Waals surface area contributed by atoms with Crippen molar-refractivity contribution in [2.75, 3.05) is 36.6 Å². The maximum atomic E-state index is 9.42. The molecule has 0 amide bonds. The Morgan fingerprint density at radius 3 is 2.50 bits per heavy atom. The van der Waals surface area contributed by atoms with Crippen molar-refractivity contribution >= 4 is 40.1 Å². The minimum atomic E-state index is -0.255. The van der Waals surface area contributed by atoms with Gasteiger partial charge >= 0.3 is 0 Å². The first kappa shape index (κ1) is 29.3. The highest BCUT2D eigenvalue weighted by molar-refractivity contribution is 6.50. The summed E-state index contributed by atoms with van der Waals surface area (Å²) < 4.78 is 5.73. The van der Waals surface area contributed by atoms with Gasteiger partial charge in [-0.3, -0.25) is 0 Å². The Kier molecular flexibility index (Phi) is 8.61. The van der Waals surface area contributed by atoms with Gasteiger partial charge in [0.05, 0.1) is 23.0 Å². The molecule has 0 bridgehead atoms. The predicted molar refractivity (Wildman–Crippen MR) is 171 cm³/mol. The highest BCUT2D eigenvalue weighted by Crippen LogP contribution is 2.31. The SMILES string of the molecule is CCN(CCO)c1ccc(/N=C2/C(C(C)(C)C)=Nn3nc(-c4ccc(NCOc5ccccc5Cl)cc4)nc32)c(C)c1. The second-order valence-electron chi connectivity index (χ2n) is 11.1. The fraction of sp³-hybridized carbons (Fsp3) is 0.312. The van der Waals surface area contributed by atoms with E-state index >= 15 is 0 Å². The van der Waals surface area contributed by atoms with Crippen LogP contribution >= 0.6 is 11.6 Å². The third-order valence-electron chi connectivity index (χ3n) is 6.95. The van der Waals surface area contributed by atoms with E-state index in [1.54, 1.807) is 10.9 Å². The Bertz CT molecular complexity index is 1620. The van der Waals surface area contributed by atoms with Gasteiger partial charge in [0.2, 0.25) is 5.82 Å². The van der Waals surface area contributed by atoms with Crippen LogP contribution in [0.1, 0.15) is 39.1 Å². The fourth-order valence-electron chi connectivity index (χ4n) is 4.67. The number of hydrogen-bond acceptors (Lipinski definition) is 8. The molecule has 0 radical (unpaired) electrons. The maximum Gasteiger partial charge on any atom is 0.204 e. The number of benzene rings is 3. The lowest BCUT2D eigenvalue weighted by molar-refractivity contribution is 0.302. The van der Waals surface area contributed by atoms with E-state index in [1.165, 1.54) is 0 Å². The van der Waals surface area contributed by atoms with E-state index in [2.05, 4.69) is 44.0 Å². The number of para-hydroxylation sites is 1. The molecule has 2 N–H and O–H groups in total. The predicted octanol–water partition coefficient (Wildman–Crippen LogP) is 6.56. The van der Waals surface area contributed by atoms with Crippen LogP contribution in [0.5, 0.6) is 5.75 Å². The number of aliphatic hydroxyl groups is 1. The highest BCUT2D eigenvalue weighted by atomic mass is 35.5. The molecule has 0 fully saturated rings. The molecule has 0 saturated heterocycles. The second-order valence-corrected chi connectivity index (χ2v) is 11.5. The van der Waals surface area contributed by atoms with Crippen LogP contribution in [-0.2, 0) is 0 Å². The molecule has 1 aromatic heterocycles. The number of likely N-dealkylation sites (N-methyl/N-ethyl adjacent to an activating group) is 1. The monoisotopic (exact) mass is 585 g/mol. The lowest BCUT2D eigenvalue weighted by atomic mass is 9.87. The van der Waals surface area contributed by atoms with Gasteiger partial charge in [0, 0.05) is 35.4 Å². The molecule has 0 unspecified atom stereocenters. The summed E-state index contributed by atoms with van der Waals surface area (Å²) in [7, 11) is 0. The molecule has 0 spiro atoms. The standard InChI is InChI=1S/C32H36ClN7O2/c1-6-39(17-18-41)24-15-16-26(21(2)19-24)35-28-29(32(3,4)5)37-40-31(28)36-30(38-40)22-11-13-23(14-12-22)34-20-42-27-10-8-7-9-25(27)33/h7-16,19,34,41H,6,17-18,20H2,1-5H3/b35-28-. The van der Waals surface area contributed by atoms with Crippen LogP contribution in [0, 0.1) is 12.3 Å². The van der Waals surface area contributed by atoms with E-state index in [0.717, 1.165) is 46.2 Å². The number of aliphatic imine (C=N–C) groups is 1. The first-order chi connectivity index (χ1) is 20.2. The summed E-state index contributed by atoms with van der Waals surface area (Å²) in [6.07, 6.45) is 0. The Balaban J connectivity index is 1.38. The average Bonchev–Trinajstić information content (AvgIpc) is 3.53. The van der Waals surface area contributed by atoms with Crippen molar-refractivity contribution in [2.24, 2.45) is 15.5 Å². The van der Waals surface area contributed by atoms with Crippen LogP contribution in [-0.4, -0.2) is 57.8 Å². The lowest BCUT2D eigenvalue weighted by Gasteiger charge is -2.23. The normalized spacial score (nSPS) is 13.7. The summed E-state index contributed by atoms with van der Waals surface area (Å²) in [4.78, 5) is 13.7. The number of ether oxygens (including phenoxy) is 1. The molecule has 0 atom stereocenters. The molecule has 1 aliphatic heterocycles. The number of rotatable bonds is 10. The molecule has 2 heterocycles. The molecule has 0 saturated carbocycles. The molecule has 1 aliphatic rings. The Hall–Kier alpha value is -4.21. The van der Waals surface area contributed by atoms with Gasteiger partial charge in [-0.2, -0.15) is 5.10 Å². The van der Waals surface area contributed by atoms with E-state index < -0.39 is 0 Å². The Morgan fingerprint density at radius 2 is 1.83 bits per heavy atom. The zero-order valence-electron chi connectivity index (χ0n) is 24.6. The van der Waals surface area contributed by atoms with Crippen LogP contribution in [0.25, 0.3) is 11.4 Å². The summed E-state index contributed by atoms with van der Waals surface area (Å²) in [5.74, 6) is 1.82. The van der Waals surface area contributed by atoms with Crippen molar-refractivity contribution in [1.29, 1.82) is 0 Å². The van der Waals surface area contributed by atoms with Gasteiger partial charge in [0.1, 0.15) is 11.5 Å². The van der Waals surface area contributed by atoms with Crippen molar-refractivity contribution in [2.45, 2.75) is 34.6 Å². The summed E-state index contributed by atoms with van der Waals surface area (Å²) in [5, 5.41) is 22.7. The number of halogens is 1. The summed E-state index contributed by atoms with van der Waals surface area (Å²) in [6, 6.07) is 21.4. The maximum absolute atomic E-state index is 9.42. The van der Waals surface area contributed by atoms with Crippen LogP contribution in [0.2, 0.25) is 5.02 Å². The molecule has 4 aromatic rings. The lowest BCUT2D eigenvalue weighted by Crippen LogP contribution is -2.27. The average molecular weight is 586 g/mol. The van der Waals surface area contributed by atoms with Crippen LogP contribution < -0.4 is 15.0 Å². The minimum Gasteiger partial charge on any atom is -0.472 e. The van der Waals surface area contributed by atoms with Gasteiger partial charge in [-0.15, -0.1) is 9.89 Å². The highest BCUT2D eigenvalue weighted by Gasteiger charge is 2.35. The number of aliphatic hydroxyl groups excluding tert-OH is 1. The zero-order chi connectivity index (χ0) is 29.9. The topological polar surface area (TPSA) is 100 Å². The molecular weight excluding hydrogens is 550 g/mol. The number of aryl methyl sites for hydroxylation is 1. The number of fused-ring (bicyclic) bond motifs is 1. The van der Waals surface area contributed by atoms with E-state index in [0.29, 0.717) is 29.0 Å². The fourth-order valence-corrected chi connectivity index (χ4v) is 4.86. The van der Waals surface area contributed by atoms with E-state index in [4.69, 9.17) is 36.5 Å². The number of hydrogen-bond donors (Lipinski definition) is 2. The van der Waals surface area contributed by atoms with Gasteiger partial charge < -0.3 is 20.1 Å². The molecular formula is C32H36ClN7O2. The summed E-state index contributed by atoms with van der Waals surface area (Å²) in [6.45, 7) is 12.2.